The van der Waals surface area contributed by atoms with Crippen LogP contribution in [0, 0.1) is 0 Å². The summed E-state index contributed by atoms with van der Waals surface area (Å²) in [5.41, 5.74) is 0.0163. The highest BCUT2D eigenvalue weighted by atomic mass is 79.9. The summed E-state index contributed by atoms with van der Waals surface area (Å²) in [6, 6.07) is 7.37. The van der Waals surface area contributed by atoms with Gasteiger partial charge in [0.15, 0.2) is 0 Å². The summed E-state index contributed by atoms with van der Waals surface area (Å²) in [5.74, 6) is 0.872. The van der Waals surface area contributed by atoms with Crippen LogP contribution in [0.1, 0.15) is 0 Å². The van der Waals surface area contributed by atoms with Crippen LogP contribution in [0.15, 0.2) is 45.9 Å². The van der Waals surface area contributed by atoms with Crippen molar-refractivity contribution < 1.29 is 4.74 Å². The van der Waals surface area contributed by atoms with E-state index >= 15 is 0 Å². The van der Waals surface area contributed by atoms with Gasteiger partial charge in [-0.2, -0.15) is 0 Å². The number of hydrogen-bond acceptors (Lipinski definition) is 4. The first kappa shape index (κ1) is 11.0. The van der Waals surface area contributed by atoms with E-state index in [1.165, 1.54) is 16.8 Å². The first-order valence-electron chi connectivity index (χ1n) is 5.10. The van der Waals surface area contributed by atoms with Gasteiger partial charge in [0.25, 0.3) is 5.88 Å². The lowest BCUT2D eigenvalue weighted by atomic mass is 10.3. The number of nitrogens with zero attached hydrogens (tertiary/aromatic N) is 3. The van der Waals surface area contributed by atoms with Gasteiger partial charge in [0.2, 0.25) is 5.65 Å². The van der Waals surface area contributed by atoms with Crippen molar-refractivity contribution in [3.8, 4) is 11.6 Å². The van der Waals surface area contributed by atoms with Crippen molar-refractivity contribution >= 4 is 21.6 Å². The van der Waals surface area contributed by atoms with Crippen molar-refractivity contribution in [3.05, 3.63) is 51.6 Å². The minimum atomic E-state index is -0.329. The molecule has 6 nitrogen and oxygen atoms in total. The van der Waals surface area contributed by atoms with E-state index in [0.29, 0.717) is 11.4 Å². The summed E-state index contributed by atoms with van der Waals surface area (Å²) in [4.78, 5) is 15.5. The van der Waals surface area contributed by atoms with E-state index in [0.717, 1.165) is 4.47 Å². The van der Waals surface area contributed by atoms with Crippen LogP contribution < -0.4 is 10.4 Å². The van der Waals surface area contributed by atoms with Gasteiger partial charge in [-0.1, -0.05) is 12.1 Å². The van der Waals surface area contributed by atoms with Gasteiger partial charge < -0.3 is 4.74 Å². The molecule has 7 heteroatoms. The molecule has 2 heterocycles. The summed E-state index contributed by atoms with van der Waals surface area (Å²) in [6.07, 6.45) is 3.00. The van der Waals surface area contributed by atoms with E-state index in [9.17, 15) is 4.79 Å². The highest BCUT2D eigenvalue weighted by Gasteiger charge is 2.10. The van der Waals surface area contributed by atoms with E-state index in [1.807, 2.05) is 18.2 Å². The van der Waals surface area contributed by atoms with Crippen molar-refractivity contribution in [3.63, 3.8) is 0 Å². The molecule has 1 N–H and O–H groups in total. The second kappa shape index (κ2) is 4.26. The molecule has 0 saturated heterocycles. The molecule has 0 aliphatic carbocycles. The highest BCUT2D eigenvalue weighted by Crippen LogP contribution is 2.29. The maximum absolute atomic E-state index is 11.4. The molecular weight excluding hydrogens is 300 g/mol. The monoisotopic (exact) mass is 306 g/mol. The second-order valence-electron chi connectivity index (χ2n) is 3.49. The average Bonchev–Trinajstić information content (AvgIpc) is 2.76. The summed E-state index contributed by atoms with van der Waals surface area (Å²) < 4.78 is 7.77. The van der Waals surface area contributed by atoms with E-state index in [1.54, 1.807) is 6.07 Å². The largest absolute Gasteiger partial charge is 0.435 e. The molecule has 18 heavy (non-hydrogen) atoms. The number of benzene rings is 1. The number of H-pyrrole nitrogens is 1. The molecular formula is C11H7BrN4O2. The standard InChI is InChI=1S/C11H7BrN4O2/c12-7-3-1-2-4-8(7)18-10-9-14-15-11(17)16(9)6-5-13-10/h1-6H,(H,15,17). The molecule has 0 atom stereocenters. The first-order chi connectivity index (χ1) is 8.75. The van der Waals surface area contributed by atoms with Gasteiger partial charge in [0.05, 0.1) is 4.47 Å². The summed E-state index contributed by atoms with van der Waals surface area (Å²) in [6.45, 7) is 0. The van der Waals surface area contributed by atoms with Crippen molar-refractivity contribution in [1.29, 1.82) is 0 Å². The molecule has 0 fully saturated rings. The van der Waals surface area contributed by atoms with Gasteiger partial charge in [0.1, 0.15) is 5.75 Å². The molecule has 0 radical (unpaired) electrons. The number of rotatable bonds is 2. The van der Waals surface area contributed by atoms with E-state index in [2.05, 4.69) is 31.1 Å². The Kier molecular flexibility index (Phi) is 2.60. The average molecular weight is 307 g/mol. The molecule has 3 rings (SSSR count). The van der Waals surface area contributed by atoms with Gasteiger partial charge in [-0.25, -0.2) is 19.3 Å². The lowest BCUT2D eigenvalue weighted by molar-refractivity contribution is 0.462. The molecule has 2 aromatic heterocycles. The Morgan fingerprint density at radius 1 is 1.33 bits per heavy atom. The zero-order chi connectivity index (χ0) is 12.5. The normalized spacial score (nSPS) is 10.7. The number of nitrogens with one attached hydrogen (secondary N) is 1. The van der Waals surface area contributed by atoms with E-state index in [4.69, 9.17) is 4.74 Å². The molecule has 0 bridgehead atoms. The molecule has 90 valence electrons. The van der Waals surface area contributed by atoms with Crippen molar-refractivity contribution in [1.82, 2.24) is 19.6 Å². The van der Waals surface area contributed by atoms with E-state index in [-0.39, 0.29) is 11.6 Å². The molecule has 0 spiro atoms. The van der Waals surface area contributed by atoms with Crippen LogP contribution in [0.3, 0.4) is 0 Å². The fourth-order valence-electron chi connectivity index (χ4n) is 1.52. The van der Waals surface area contributed by atoms with Crippen LogP contribution >= 0.6 is 15.9 Å². The molecule has 0 aliphatic heterocycles. The van der Waals surface area contributed by atoms with Crippen molar-refractivity contribution in [2.45, 2.75) is 0 Å². The Morgan fingerprint density at radius 2 is 2.17 bits per heavy atom. The first-order valence-corrected chi connectivity index (χ1v) is 5.89. The van der Waals surface area contributed by atoms with Crippen LogP contribution in [0.4, 0.5) is 0 Å². The topological polar surface area (TPSA) is 72.3 Å². The second-order valence-corrected chi connectivity index (χ2v) is 4.34. The lowest BCUT2D eigenvalue weighted by Gasteiger charge is -2.06. The lowest BCUT2D eigenvalue weighted by Crippen LogP contribution is -2.09. The molecule has 0 unspecified atom stereocenters. The van der Waals surface area contributed by atoms with E-state index < -0.39 is 0 Å². The van der Waals surface area contributed by atoms with Crippen LogP contribution in [-0.4, -0.2) is 19.6 Å². The Labute approximate surface area is 109 Å². The number of aromatic amines is 1. The van der Waals surface area contributed by atoms with Crippen LogP contribution in [0.25, 0.3) is 5.65 Å². The summed E-state index contributed by atoms with van der Waals surface area (Å²) in [5, 5.41) is 6.21. The summed E-state index contributed by atoms with van der Waals surface area (Å²) >= 11 is 3.37. The molecule has 0 aliphatic rings. The third-order valence-electron chi connectivity index (χ3n) is 2.35. The number of halogens is 1. The number of ether oxygens (including phenoxy) is 1. The van der Waals surface area contributed by atoms with Crippen molar-refractivity contribution in [2.24, 2.45) is 0 Å². The van der Waals surface area contributed by atoms with Gasteiger partial charge in [-0.05, 0) is 28.1 Å². The quantitative estimate of drug-likeness (QED) is 0.785. The minimum Gasteiger partial charge on any atom is -0.435 e. The third-order valence-corrected chi connectivity index (χ3v) is 3.00. The fourth-order valence-corrected chi connectivity index (χ4v) is 1.89. The number of aromatic nitrogens is 4. The molecule has 0 saturated carbocycles. The maximum Gasteiger partial charge on any atom is 0.347 e. The summed E-state index contributed by atoms with van der Waals surface area (Å²) in [7, 11) is 0. The molecule has 0 amide bonds. The minimum absolute atomic E-state index is 0.266. The molecule has 3 aromatic rings. The van der Waals surface area contributed by atoms with Crippen LogP contribution in [0.2, 0.25) is 0 Å². The number of para-hydroxylation sites is 1. The predicted octanol–water partition coefficient (Wildman–Crippen LogP) is 1.97. The zero-order valence-electron chi connectivity index (χ0n) is 9.00. The van der Waals surface area contributed by atoms with Gasteiger partial charge in [-0.3, -0.25) is 0 Å². The smallest absolute Gasteiger partial charge is 0.347 e. The number of hydrogen-bond donors (Lipinski definition) is 1. The van der Waals surface area contributed by atoms with Crippen molar-refractivity contribution in [2.75, 3.05) is 0 Å². The number of fused-ring (bicyclic) bond motifs is 1. The van der Waals surface area contributed by atoms with Gasteiger partial charge >= 0.3 is 5.69 Å². The highest BCUT2D eigenvalue weighted by molar-refractivity contribution is 9.10. The van der Waals surface area contributed by atoms with Gasteiger partial charge in [0, 0.05) is 12.4 Å². The molecule has 1 aromatic carbocycles. The fraction of sp³-hybridized carbons (Fsp3) is 0. The third kappa shape index (κ3) is 1.78. The maximum atomic E-state index is 11.4. The zero-order valence-corrected chi connectivity index (χ0v) is 10.6. The Bertz CT molecular complexity index is 765. The van der Waals surface area contributed by atoms with Gasteiger partial charge in [-0.15, -0.1) is 5.10 Å². The van der Waals surface area contributed by atoms with Crippen LogP contribution in [-0.2, 0) is 0 Å². The predicted molar refractivity (Wildman–Crippen MR) is 67.8 cm³/mol. The van der Waals surface area contributed by atoms with Crippen LogP contribution in [0.5, 0.6) is 11.6 Å². The SMILES string of the molecule is O=c1[nH]nc2c(Oc3ccccc3Br)nccn12. The Balaban J connectivity index is 2.11. The Morgan fingerprint density at radius 3 is 3.00 bits per heavy atom. The Hall–Kier alpha value is -2.15.